The number of hydrogen-bond acceptors (Lipinski definition) is 4. The fourth-order valence-corrected chi connectivity index (χ4v) is 2.02. The average Bonchev–Trinajstić information content (AvgIpc) is 2.47. The maximum atomic E-state index is 5.89. The summed E-state index contributed by atoms with van der Waals surface area (Å²) in [5, 5.41) is 0.927. The molecule has 0 saturated carbocycles. The minimum absolute atomic E-state index is 0.669. The molecule has 0 bridgehead atoms. The number of pyridine rings is 1. The second-order valence-corrected chi connectivity index (χ2v) is 4.37. The fraction of sp³-hybridized carbons (Fsp3) is 0.0625. The Morgan fingerprint density at radius 3 is 2.70 bits per heavy atom. The van der Waals surface area contributed by atoms with Crippen LogP contribution in [0.2, 0.25) is 0 Å². The van der Waals surface area contributed by atoms with Gasteiger partial charge in [-0.05, 0) is 30.3 Å². The molecule has 4 heteroatoms. The highest BCUT2D eigenvalue weighted by molar-refractivity contribution is 5.86. The van der Waals surface area contributed by atoms with Gasteiger partial charge in [0.2, 0.25) is 0 Å². The number of ether oxygens (including phenoxy) is 2. The van der Waals surface area contributed by atoms with Crippen molar-refractivity contribution in [2.75, 3.05) is 12.8 Å². The number of hydrogen-bond donors (Lipinski definition) is 1. The van der Waals surface area contributed by atoms with Crippen LogP contribution in [0.4, 0.5) is 5.69 Å². The number of rotatable bonds is 3. The van der Waals surface area contributed by atoms with E-state index < -0.39 is 0 Å². The number of methoxy groups -OCH3 is 1. The van der Waals surface area contributed by atoms with Crippen molar-refractivity contribution in [2.45, 2.75) is 0 Å². The lowest BCUT2D eigenvalue weighted by molar-refractivity contribution is 0.415. The number of nitrogens with zero attached hydrogens (tertiary/aromatic N) is 1. The molecule has 1 aromatic heterocycles. The zero-order chi connectivity index (χ0) is 13.9. The van der Waals surface area contributed by atoms with Crippen LogP contribution >= 0.6 is 0 Å². The molecule has 1 heterocycles. The second-order valence-electron chi connectivity index (χ2n) is 4.37. The number of nitrogen functional groups attached to an aromatic ring is 1. The van der Waals surface area contributed by atoms with Crippen molar-refractivity contribution in [3.8, 4) is 17.2 Å². The van der Waals surface area contributed by atoms with Crippen LogP contribution in [0.3, 0.4) is 0 Å². The van der Waals surface area contributed by atoms with E-state index in [1.165, 1.54) is 0 Å². The highest BCUT2D eigenvalue weighted by Gasteiger charge is 2.06. The van der Waals surface area contributed by atoms with Gasteiger partial charge in [0.05, 0.1) is 12.6 Å². The number of benzene rings is 2. The van der Waals surface area contributed by atoms with E-state index in [1.54, 1.807) is 19.4 Å². The number of fused-ring (bicyclic) bond motifs is 1. The third kappa shape index (κ3) is 2.36. The minimum atomic E-state index is 0.669. The number of aromatic nitrogens is 1. The highest BCUT2D eigenvalue weighted by atomic mass is 16.5. The predicted octanol–water partition coefficient (Wildman–Crippen LogP) is 3.62. The lowest BCUT2D eigenvalue weighted by Crippen LogP contribution is -1.90. The van der Waals surface area contributed by atoms with Gasteiger partial charge in [0.1, 0.15) is 17.2 Å². The van der Waals surface area contributed by atoms with Crippen LogP contribution in [0, 0.1) is 0 Å². The predicted molar refractivity (Wildman–Crippen MR) is 79.2 cm³/mol. The van der Waals surface area contributed by atoms with Crippen molar-refractivity contribution >= 4 is 16.6 Å². The van der Waals surface area contributed by atoms with Crippen LogP contribution in [0.1, 0.15) is 0 Å². The van der Waals surface area contributed by atoms with Crippen molar-refractivity contribution in [3.05, 3.63) is 54.7 Å². The van der Waals surface area contributed by atoms with Crippen LogP contribution in [0.25, 0.3) is 10.9 Å². The molecule has 2 N–H and O–H groups in total. The van der Waals surface area contributed by atoms with Crippen LogP contribution in [-0.2, 0) is 0 Å². The fourth-order valence-electron chi connectivity index (χ4n) is 2.02. The van der Waals surface area contributed by atoms with Crippen LogP contribution in [0.15, 0.2) is 54.7 Å². The maximum Gasteiger partial charge on any atom is 0.138 e. The Morgan fingerprint density at radius 2 is 1.90 bits per heavy atom. The molecule has 100 valence electrons. The summed E-state index contributed by atoms with van der Waals surface area (Å²) in [7, 11) is 1.63. The monoisotopic (exact) mass is 266 g/mol. The van der Waals surface area contributed by atoms with E-state index in [1.807, 2.05) is 42.5 Å². The van der Waals surface area contributed by atoms with Crippen molar-refractivity contribution in [1.29, 1.82) is 0 Å². The first-order valence-electron chi connectivity index (χ1n) is 6.22. The van der Waals surface area contributed by atoms with Gasteiger partial charge in [-0.15, -0.1) is 0 Å². The Kier molecular flexibility index (Phi) is 3.13. The Morgan fingerprint density at radius 1 is 1.00 bits per heavy atom. The molecular formula is C16H14N2O2. The molecule has 0 atom stereocenters. The lowest BCUT2D eigenvalue weighted by Gasteiger charge is -2.09. The summed E-state index contributed by atoms with van der Waals surface area (Å²) >= 11 is 0. The van der Waals surface area contributed by atoms with E-state index in [-0.39, 0.29) is 0 Å². The third-order valence-corrected chi connectivity index (χ3v) is 3.00. The molecule has 0 aliphatic heterocycles. The molecule has 2 aromatic carbocycles. The average molecular weight is 266 g/mol. The zero-order valence-corrected chi connectivity index (χ0v) is 11.0. The van der Waals surface area contributed by atoms with E-state index >= 15 is 0 Å². The van der Waals surface area contributed by atoms with Gasteiger partial charge >= 0.3 is 0 Å². The van der Waals surface area contributed by atoms with E-state index in [2.05, 4.69) is 4.98 Å². The topological polar surface area (TPSA) is 57.4 Å². The maximum absolute atomic E-state index is 5.89. The van der Waals surface area contributed by atoms with Gasteiger partial charge in [-0.1, -0.05) is 6.07 Å². The summed E-state index contributed by atoms with van der Waals surface area (Å²) in [4.78, 5) is 4.32. The molecule has 20 heavy (non-hydrogen) atoms. The summed E-state index contributed by atoms with van der Waals surface area (Å²) in [6.07, 6.45) is 1.71. The first-order valence-corrected chi connectivity index (χ1v) is 6.22. The molecule has 0 saturated heterocycles. The Hall–Kier alpha value is -2.75. The molecule has 0 spiro atoms. The van der Waals surface area contributed by atoms with E-state index in [0.717, 1.165) is 22.4 Å². The van der Waals surface area contributed by atoms with Crippen LogP contribution in [0.5, 0.6) is 17.2 Å². The number of anilines is 1. The summed E-state index contributed by atoms with van der Waals surface area (Å²) in [5.41, 5.74) is 7.25. The number of nitrogens with two attached hydrogens (primary N) is 1. The van der Waals surface area contributed by atoms with Crippen molar-refractivity contribution in [3.63, 3.8) is 0 Å². The summed E-state index contributed by atoms with van der Waals surface area (Å²) in [6, 6.07) is 14.9. The molecule has 3 aromatic rings. The lowest BCUT2D eigenvalue weighted by atomic mass is 10.2. The molecule has 0 aliphatic rings. The van der Waals surface area contributed by atoms with Gasteiger partial charge in [0.15, 0.2) is 0 Å². The van der Waals surface area contributed by atoms with Crippen molar-refractivity contribution in [2.24, 2.45) is 0 Å². The smallest absolute Gasteiger partial charge is 0.138 e. The highest BCUT2D eigenvalue weighted by Crippen LogP contribution is 2.31. The van der Waals surface area contributed by atoms with Crippen molar-refractivity contribution in [1.82, 2.24) is 4.98 Å². The first kappa shape index (κ1) is 12.3. The Bertz CT molecular complexity index is 756. The summed E-state index contributed by atoms with van der Waals surface area (Å²) in [6.45, 7) is 0. The zero-order valence-electron chi connectivity index (χ0n) is 11.0. The third-order valence-electron chi connectivity index (χ3n) is 3.00. The van der Waals surface area contributed by atoms with Gasteiger partial charge in [0, 0.05) is 29.4 Å². The SMILES string of the molecule is COc1ccc2c(Oc3cccc(N)c3)ccnc2c1. The van der Waals surface area contributed by atoms with Gasteiger partial charge in [-0.25, -0.2) is 0 Å². The molecule has 0 amide bonds. The van der Waals surface area contributed by atoms with Gasteiger partial charge in [-0.2, -0.15) is 0 Å². The Labute approximate surface area is 116 Å². The van der Waals surface area contributed by atoms with Gasteiger partial charge < -0.3 is 15.2 Å². The van der Waals surface area contributed by atoms with Crippen LogP contribution < -0.4 is 15.2 Å². The second kappa shape index (κ2) is 5.09. The van der Waals surface area contributed by atoms with Gasteiger partial charge in [-0.3, -0.25) is 4.98 Å². The molecule has 3 rings (SSSR count). The standard InChI is InChI=1S/C16H14N2O2/c1-19-12-5-6-14-15(10-12)18-8-7-16(14)20-13-4-2-3-11(17)9-13/h2-10H,17H2,1H3. The molecule has 0 fully saturated rings. The van der Waals surface area contributed by atoms with Gasteiger partial charge in [0.25, 0.3) is 0 Å². The minimum Gasteiger partial charge on any atom is -0.497 e. The van der Waals surface area contributed by atoms with Crippen molar-refractivity contribution < 1.29 is 9.47 Å². The normalized spacial score (nSPS) is 10.4. The largest absolute Gasteiger partial charge is 0.497 e. The summed E-state index contributed by atoms with van der Waals surface area (Å²) < 4.78 is 11.1. The van der Waals surface area contributed by atoms with E-state index in [4.69, 9.17) is 15.2 Å². The summed E-state index contributed by atoms with van der Waals surface area (Å²) in [5.74, 6) is 2.21. The van der Waals surface area contributed by atoms with E-state index in [0.29, 0.717) is 11.4 Å². The molecule has 4 nitrogen and oxygen atoms in total. The Balaban J connectivity index is 2.03. The molecular weight excluding hydrogens is 252 g/mol. The molecule has 0 unspecified atom stereocenters. The van der Waals surface area contributed by atoms with Crippen LogP contribution in [-0.4, -0.2) is 12.1 Å². The van der Waals surface area contributed by atoms with E-state index in [9.17, 15) is 0 Å². The molecule has 0 aliphatic carbocycles. The first-order chi connectivity index (χ1) is 9.76. The quantitative estimate of drug-likeness (QED) is 0.736. The molecule has 0 radical (unpaired) electrons.